The van der Waals surface area contributed by atoms with Crippen LogP contribution in [0.3, 0.4) is 0 Å². The third-order valence-corrected chi connectivity index (χ3v) is 4.84. The first kappa shape index (κ1) is 15.8. The van der Waals surface area contributed by atoms with Crippen LogP contribution in [0.2, 0.25) is 0 Å². The lowest BCUT2D eigenvalue weighted by Gasteiger charge is -2.29. The van der Waals surface area contributed by atoms with Gasteiger partial charge in [-0.25, -0.2) is 0 Å². The maximum atomic E-state index is 12.8. The van der Waals surface area contributed by atoms with Gasteiger partial charge in [-0.2, -0.15) is 0 Å². The molecule has 1 N–H and O–H groups in total. The average molecular weight is 335 g/mol. The molecule has 5 nitrogen and oxygen atoms in total. The quantitative estimate of drug-likeness (QED) is 0.790. The van der Waals surface area contributed by atoms with Crippen molar-refractivity contribution >= 4 is 22.4 Å². The Balaban J connectivity index is 1.63. The number of hydrogen-bond acceptors (Lipinski definition) is 4. The van der Waals surface area contributed by atoms with Gasteiger partial charge in [-0.1, -0.05) is 41.6 Å². The first-order valence-electron chi connectivity index (χ1n) is 8.64. The monoisotopic (exact) mass is 335 g/mol. The van der Waals surface area contributed by atoms with Crippen molar-refractivity contribution in [2.75, 3.05) is 11.9 Å². The zero-order valence-electron chi connectivity index (χ0n) is 14.5. The van der Waals surface area contributed by atoms with E-state index in [1.54, 1.807) is 0 Å². The molecule has 1 amide bonds. The lowest BCUT2D eigenvalue weighted by atomic mass is 10.0. The third kappa shape index (κ3) is 2.91. The largest absolute Gasteiger partial charge is 0.360 e. The van der Waals surface area contributed by atoms with Crippen molar-refractivity contribution in [3.8, 4) is 0 Å². The Bertz CT molecular complexity index is 924. The van der Waals surface area contributed by atoms with Gasteiger partial charge in [0.05, 0.1) is 0 Å². The highest BCUT2D eigenvalue weighted by Gasteiger charge is 2.28. The van der Waals surface area contributed by atoms with Gasteiger partial charge in [-0.3, -0.25) is 9.69 Å². The van der Waals surface area contributed by atoms with Crippen molar-refractivity contribution in [1.29, 1.82) is 0 Å². The van der Waals surface area contributed by atoms with Gasteiger partial charge in [0.2, 0.25) is 0 Å². The second-order valence-electron chi connectivity index (χ2n) is 6.73. The smallest absolute Gasteiger partial charge is 0.278 e. The molecule has 1 aromatic heterocycles. The number of anilines is 1. The van der Waals surface area contributed by atoms with E-state index in [2.05, 4.69) is 29.2 Å². The highest BCUT2D eigenvalue weighted by atomic mass is 16.5. The zero-order chi connectivity index (χ0) is 17.4. The molecule has 0 fully saturated rings. The minimum Gasteiger partial charge on any atom is -0.360 e. The van der Waals surface area contributed by atoms with Gasteiger partial charge >= 0.3 is 0 Å². The minimum atomic E-state index is -0.216. The second-order valence-corrected chi connectivity index (χ2v) is 6.73. The molecule has 3 aromatic rings. The normalized spacial score (nSPS) is 14.7. The summed E-state index contributed by atoms with van der Waals surface area (Å²) in [6.07, 6.45) is 0.794. The molecule has 25 heavy (non-hydrogen) atoms. The van der Waals surface area contributed by atoms with Crippen LogP contribution >= 0.6 is 0 Å². The van der Waals surface area contributed by atoms with Crippen molar-refractivity contribution in [3.05, 3.63) is 59.5 Å². The van der Waals surface area contributed by atoms with Gasteiger partial charge in [0, 0.05) is 42.2 Å². The molecular formula is C20H21N3O2. The molecule has 1 aliphatic rings. The molecule has 1 aliphatic heterocycles. The molecule has 128 valence electrons. The van der Waals surface area contributed by atoms with Crippen LogP contribution in [-0.2, 0) is 13.0 Å². The molecule has 0 bridgehead atoms. The number of fused-ring (bicyclic) bond motifs is 2. The van der Waals surface area contributed by atoms with Crippen molar-refractivity contribution in [1.82, 2.24) is 10.1 Å². The molecule has 0 atom stereocenters. The molecule has 0 unspecified atom stereocenters. The number of amides is 1. The van der Waals surface area contributed by atoms with Gasteiger partial charge in [-0.15, -0.1) is 0 Å². The first-order valence-corrected chi connectivity index (χ1v) is 8.64. The lowest BCUT2D eigenvalue weighted by molar-refractivity contribution is 0.101. The van der Waals surface area contributed by atoms with Crippen LogP contribution in [0.15, 0.2) is 47.0 Å². The Kier molecular flexibility index (Phi) is 4.01. The van der Waals surface area contributed by atoms with Crippen molar-refractivity contribution in [2.24, 2.45) is 0 Å². The summed E-state index contributed by atoms with van der Waals surface area (Å²) in [5.41, 5.74) is 2.10. The summed E-state index contributed by atoms with van der Waals surface area (Å²) < 4.78 is 5.42. The predicted molar refractivity (Wildman–Crippen MR) is 97.7 cm³/mol. The molecule has 5 heteroatoms. The maximum absolute atomic E-state index is 12.8. The van der Waals surface area contributed by atoms with Gasteiger partial charge in [0.25, 0.3) is 5.91 Å². The maximum Gasteiger partial charge on any atom is 0.278 e. The molecule has 2 heterocycles. The van der Waals surface area contributed by atoms with E-state index in [4.69, 9.17) is 4.52 Å². The molecule has 0 aliphatic carbocycles. The number of benzene rings is 2. The highest BCUT2D eigenvalue weighted by Crippen LogP contribution is 2.26. The van der Waals surface area contributed by atoms with Gasteiger partial charge in [-0.05, 0) is 25.3 Å². The number of carbonyl (C=O) groups is 1. The Labute approximate surface area is 146 Å². The molecule has 0 saturated heterocycles. The van der Waals surface area contributed by atoms with E-state index in [9.17, 15) is 4.79 Å². The van der Waals surface area contributed by atoms with Crippen molar-refractivity contribution in [2.45, 2.75) is 32.9 Å². The summed E-state index contributed by atoms with van der Waals surface area (Å²) in [6, 6.07) is 14.3. The number of carbonyl (C=O) groups excluding carboxylic acids is 1. The average Bonchev–Trinajstić information content (AvgIpc) is 3.05. The molecular weight excluding hydrogens is 314 g/mol. The summed E-state index contributed by atoms with van der Waals surface area (Å²) in [4.78, 5) is 15.1. The first-order chi connectivity index (χ1) is 12.1. The van der Waals surface area contributed by atoms with Crippen LogP contribution in [0.4, 0.5) is 5.69 Å². The Morgan fingerprint density at radius 1 is 1.20 bits per heavy atom. The van der Waals surface area contributed by atoms with Crippen LogP contribution in [0.5, 0.6) is 0 Å². The summed E-state index contributed by atoms with van der Waals surface area (Å²) >= 11 is 0. The Hall–Kier alpha value is -2.66. The zero-order valence-corrected chi connectivity index (χ0v) is 14.5. The number of aromatic nitrogens is 1. The minimum absolute atomic E-state index is 0.216. The number of hydrogen-bond donors (Lipinski definition) is 1. The Morgan fingerprint density at radius 3 is 2.84 bits per heavy atom. The molecule has 0 radical (unpaired) electrons. The fraction of sp³-hybridized carbons (Fsp3) is 0.300. The molecule has 0 saturated carbocycles. The van der Waals surface area contributed by atoms with Gasteiger partial charge < -0.3 is 9.84 Å². The van der Waals surface area contributed by atoms with E-state index in [0.717, 1.165) is 40.7 Å². The van der Waals surface area contributed by atoms with Crippen LogP contribution in [0.25, 0.3) is 10.8 Å². The SMILES string of the molecule is CC(C)N1CCc2onc(C(=O)Nc3cccc4ccccc34)c2C1. The second kappa shape index (κ2) is 6.33. The fourth-order valence-corrected chi connectivity index (χ4v) is 3.37. The fourth-order valence-electron chi connectivity index (χ4n) is 3.37. The van der Waals surface area contributed by atoms with E-state index in [1.807, 2.05) is 42.5 Å². The van der Waals surface area contributed by atoms with E-state index in [0.29, 0.717) is 18.3 Å². The highest BCUT2D eigenvalue weighted by molar-refractivity contribution is 6.08. The van der Waals surface area contributed by atoms with Crippen LogP contribution in [-0.4, -0.2) is 28.6 Å². The summed E-state index contributed by atoms with van der Waals surface area (Å²) in [6.45, 7) is 5.96. The lowest BCUT2D eigenvalue weighted by Crippen LogP contribution is -2.36. The van der Waals surface area contributed by atoms with Gasteiger partial charge in [0.1, 0.15) is 5.76 Å². The van der Waals surface area contributed by atoms with Crippen LogP contribution < -0.4 is 5.32 Å². The molecule has 4 rings (SSSR count). The van der Waals surface area contributed by atoms with E-state index >= 15 is 0 Å². The van der Waals surface area contributed by atoms with E-state index in [1.165, 1.54) is 0 Å². The number of rotatable bonds is 3. The van der Waals surface area contributed by atoms with E-state index in [-0.39, 0.29) is 5.91 Å². The van der Waals surface area contributed by atoms with Gasteiger partial charge in [0.15, 0.2) is 5.69 Å². The topological polar surface area (TPSA) is 58.4 Å². The van der Waals surface area contributed by atoms with Crippen molar-refractivity contribution in [3.63, 3.8) is 0 Å². The summed E-state index contributed by atoms with van der Waals surface area (Å²) in [5, 5.41) is 9.16. The van der Waals surface area contributed by atoms with E-state index < -0.39 is 0 Å². The summed E-state index contributed by atoms with van der Waals surface area (Å²) in [5.74, 6) is 0.618. The van der Waals surface area contributed by atoms with Crippen LogP contribution in [0.1, 0.15) is 35.7 Å². The third-order valence-electron chi connectivity index (χ3n) is 4.84. The van der Waals surface area contributed by atoms with Crippen LogP contribution in [0, 0.1) is 0 Å². The summed E-state index contributed by atoms with van der Waals surface area (Å²) in [7, 11) is 0. The molecule has 0 spiro atoms. The molecule has 2 aromatic carbocycles. The number of nitrogens with one attached hydrogen (secondary N) is 1. The predicted octanol–water partition coefficient (Wildman–Crippen LogP) is 3.85. The standard InChI is InChI=1S/C20H21N3O2/c1-13(2)23-11-10-18-16(12-23)19(22-25-18)20(24)21-17-9-5-7-14-6-3-4-8-15(14)17/h3-9,13H,10-12H2,1-2H3,(H,21,24). The Morgan fingerprint density at radius 2 is 2.00 bits per heavy atom. The van der Waals surface area contributed by atoms with Crippen molar-refractivity contribution < 1.29 is 9.32 Å². The number of nitrogens with zero attached hydrogens (tertiary/aromatic N) is 2.